The Kier molecular flexibility index (Phi) is 4.89. The van der Waals surface area contributed by atoms with Gasteiger partial charge in [-0.3, -0.25) is 4.68 Å². The van der Waals surface area contributed by atoms with E-state index in [1.165, 1.54) is 0 Å². The predicted molar refractivity (Wildman–Crippen MR) is 77.1 cm³/mol. The van der Waals surface area contributed by atoms with Gasteiger partial charge in [-0.15, -0.1) is 0 Å². The highest BCUT2D eigenvalue weighted by Gasteiger charge is 2.18. The largest absolute Gasteiger partial charge is 0.339 e. The summed E-state index contributed by atoms with van der Waals surface area (Å²) in [5.41, 5.74) is 0.880. The third-order valence-corrected chi connectivity index (χ3v) is 3.29. The number of nitrogens with zero attached hydrogens (tertiary/aromatic N) is 4. The molecular formula is C14H23N5O. The molecule has 2 heterocycles. The first kappa shape index (κ1) is 14.7. The quantitative estimate of drug-likeness (QED) is 0.838. The molecule has 0 aliphatic heterocycles. The maximum absolute atomic E-state index is 5.35. The van der Waals surface area contributed by atoms with Crippen molar-refractivity contribution in [2.24, 2.45) is 13.0 Å². The zero-order valence-corrected chi connectivity index (χ0v) is 12.6. The van der Waals surface area contributed by atoms with Crippen molar-refractivity contribution in [1.29, 1.82) is 0 Å². The summed E-state index contributed by atoms with van der Waals surface area (Å²) in [6, 6.07) is 0.358. The van der Waals surface area contributed by atoms with Gasteiger partial charge in [0.1, 0.15) is 0 Å². The molecule has 0 aliphatic rings. The van der Waals surface area contributed by atoms with Crippen LogP contribution in [0.1, 0.15) is 33.1 Å². The second-order valence-corrected chi connectivity index (χ2v) is 5.42. The van der Waals surface area contributed by atoms with E-state index < -0.39 is 0 Å². The molecule has 6 nitrogen and oxygen atoms in total. The van der Waals surface area contributed by atoms with Crippen LogP contribution in [0.4, 0.5) is 0 Å². The van der Waals surface area contributed by atoms with Gasteiger partial charge in [-0.05, 0) is 18.9 Å². The van der Waals surface area contributed by atoms with Gasteiger partial charge in [-0.25, -0.2) is 0 Å². The second kappa shape index (κ2) is 6.65. The van der Waals surface area contributed by atoms with Crippen LogP contribution < -0.4 is 5.32 Å². The van der Waals surface area contributed by atoms with Gasteiger partial charge in [0, 0.05) is 25.7 Å². The van der Waals surface area contributed by atoms with Crippen LogP contribution in [0.15, 0.2) is 16.9 Å². The smallest absolute Gasteiger partial charge is 0.228 e. The van der Waals surface area contributed by atoms with Crippen LogP contribution in [0, 0.1) is 5.92 Å². The van der Waals surface area contributed by atoms with Crippen LogP contribution >= 0.6 is 0 Å². The molecule has 6 heteroatoms. The second-order valence-electron chi connectivity index (χ2n) is 5.42. The van der Waals surface area contributed by atoms with E-state index in [1.54, 1.807) is 10.9 Å². The van der Waals surface area contributed by atoms with Gasteiger partial charge < -0.3 is 9.84 Å². The molecule has 0 aliphatic carbocycles. The zero-order chi connectivity index (χ0) is 14.5. The summed E-state index contributed by atoms with van der Waals surface area (Å²) < 4.78 is 7.08. The first-order valence-electron chi connectivity index (χ1n) is 7.15. The molecule has 0 saturated carbocycles. The van der Waals surface area contributed by atoms with E-state index in [1.807, 2.05) is 13.2 Å². The number of nitrogens with one attached hydrogen (secondary N) is 1. The summed E-state index contributed by atoms with van der Waals surface area (Å²) in [6.45, 7) is 7.57. The van der Waals surface area contributed by atoms with Crippen molar-refractivity contribution in [3.05, 3.63) is 18.3 Å². The SMILES string of the molecule is CCCNC(Cc1nc(-c2cnn(C)c2)no1)C(C)C. The molecular weight excluding hydrogens is 254 g/mol. The van der Waals surface area contributed by atoms with E-state index in [0.29, 0.717) is 23.7 Å². The first-order chi connectivity index (χ1) is 9.60. The Hall–Kier alpha value is -1.69. The monoisotopic (exact) mass is 277 g/mol. The molecule has 0 aromatic carbocycles. The summed E-state index contributed by atoms with van der Waals surface area (Å²) in [4.78, 5) is 4.45. The fraction of sp³-hybridized carbons (Fsp3) is 0.643. The average molecular weight is 277 g/mol. The minimum Gasteiger partial charge on any atom is -0.339 e. The van der Waals surface area contributed by atoms with Gasteiger partial charge in [-0.2, -0.15) is 10.1 Å². The summed E-state index contributed by atoms with van der Waals surface area (Å²) in [6.07, 6.45) is 5.49. The Labute approximate surface area is 119 Å². The summed E-state index contributed by atoms with van der Waals surface area (Å²) in [5.74, 6) is 1.80. The minimum absolute atomic E-state index is 0.358. The highest BCUT2D eigenvalue weighted by molar-refractivity contribution is 5.50. The van der Waals surface area contributed by atoms with E-state index in [0.717, 1.165) is 24.9 Å². The van der Waals surface area contributed by atoms with Crippen molar-refractivity contribution in [1.82, 2.24) is 25.2 Å². The molecule has 0 fully saturated rings. The predicted octanol–water partition coefficient (Wildman–Crippen LogP) is 2.04. The van der Waals surface area contributed by atoms with Crippen LogP contribution in [-0.2, 0) is 13.5 Å². The van der Waals surface area contributed by atoms with Gasteiger partial charge in [0.05, 0.1) is 11.8 Å². The third-order valence-electron chi connectivity index (χ3n) is 3.29. The van der Waals surface area contributed by atoms with Crippen LogP contribution in [0.25, 0.3) is 11.4 Å². The maximum atomic E-state index is 5.35. The van der Waals surface area contributed by atoms with Crippen molar-refractivity contribution in [3.63, 3.8) is 0 Å². The number of rotatable bonds is 7. The molecule has 0 saturated heterocycles. The van der Waals surface area contributed by atoms with Crippen molar-refractivity contribution in [3.8, 4) is 11.4 Å². The van der Waals surface area contributed by atoms with Gasteiger partial charge in [0.25, 0.3) is 0 Å². The molecule has 0 amide bonds. The van der Waals surface area contributed by atoms with Gasteiger partial charge in [0.15, 0.2) is 0 Å². The standard InChI is InChI=1S/C14H23N5O/c1-5-6-15-12(10(2)3)7-13-17-14(18-20-13)11-8-16-19(4)9-11/h8-10,12,15H,5-7H2,1-4H3. The lowest BCUT2D eigenvalue weighted by molar-refractivity contribution is 0.326. The van der Waals surface area contributed by atoms with Crippen LogP contribution in [-0.4, -0.2) is 32.5 Å². The number of aryl methyl sites for hydroxylation is 1. The Balaban J connectivity index is 2.04. The van der Waals surface area contributed by atoms with Crippen molar-refractivity contribution in [2.45, 2.75) is 39.7 Å². The Morgan fingerprint density at radius 3 is 2.80 bits per heavy atom. The van der Waals surface area contributed by atoms with Crippen LogP contribution in [0.5, 0.6) is 0 Å². The summed E-state index contributed by atoms with van der Waals surface area (Å²) >= 11 is 0. The molecule has 1 atom stereocenters. The molecule has 20 heavy (non-hydrogen) atoms. The van der Waals surface area contributed by atoms with Gasteiger partial charge in [0.2, 0.25) is 11.7 Å². The number of hydrogen-bond donors (Lipinski definition) is 1. The van der Waals surface area contributed by atoms with Crippen LogP contribution in [0.3, 0.4) is 0 Å². The van der Waals surface area contributed by atoms with E-state index in [-0.39, 0.29) is 0 Å². The highest BCUT2D eigenvalue weighted by atomic mass is 16.5. The Bertz CT molecular complexity index is 531. The van der Waals surface area contributed by atoms with Gasteiger partial charge >= 0.3 is 0 Å². The number of hydrogen-bond acceptors (Lipinski definition) is 5. The highest BCUT2D eigenvalue weighted by Crippen LogP contribution is 2.16. The molecule has 1 unspecified atom stereocenters. The molecule has 2 rings (SSSR count). The van der Waals surface area contributed by atoms with E-state index >= 15 is 0 Å². The number of aromatic nitrogens is 4. The lowest BCUT2D eigenvalue weighted by Gasteiger charge is -2.20. The Morgan fingerprint density at radius 2 is 2.20 bits per heavy atom. The molecule has 0 bridgehead atoms. The van der Waals surface area contributed by atoms with E-state index in [9.17, 15) is 0 Å². The lowest BCUT2D eigenvalue weighted by Crippen LogP contribution is -2.36. The first-order valence-corrected chi connectivity index (χ1v) is 7.15. The fourth-order valence-corrected chi connectivity index (χ4v) is 2.05. The third kappa shape index (κ3) is 3.66. The zero-order valence-electron chi connectivity index (χ0n) is 12.6. The molecule has 0 radical (unpaired) electrons. The van der Waals surface area contributed by atoms with Crippen LogP contribution in [0.2, 0.25) is 0 Å². The van der Waals surface area contributed by atoms with Crippen molar-refractivity contribution < 1.29 is 4.52 Å². The molecule has 2 aromatic heterocycles. The minimum atomic E-state index is 0.358. The fourth-order valence-electron chi connectivity index (χ4n) is 2.05. The molecule has 1 N–H and O–H groups in total. The van der Waals surface area contributed by atoms with E-state index in [4.69, 9.17) is 4.52 Å². The molecule has 2 aromatic rings. The summed E-state index contributed by atoms with van der Waals surface area (Å²) in [7, 11) is 1.87. The topological polar surface area (TPSA) is 68.8 Å². The van der Waals surface area contributed by atoms with Gasteiger partial charge in [-0.1, -0.05) is 25.9 Å². The summed E-state index contributed by atoms with van der Waals surface area (Å²) in [5, 5.41) is 11.7. The lowest BCUT2D eigenvalue weighted by atomic mass is 10.0. The van der Waals surface area contributed by atoms with Crippen molar-refractivity contribution in [2.75, 3.05) is 6.54 Å². The molecule has 0 spiro atoms. The van der Waals surface area contributed by atoms with E-state index in [2.05, 4.69) is 41.3 Å². The van der Waals surface area contributed by atoms with Crippen molar-refractivity contribution >= 4 is 0 Å². The maximum Gasteiger partial charge on any atom is 0.228 e. The average Bonchev–Trinajstić information content (AvgIpc) is 3.02. The Morgan fingerprint density at radius 1 is 1.40 bits per heavy atom. The normalized spacial score (nSPS) is 13.1. The molecule has 110 valence electrons.